The Balaban J connectivity index is 1.46. The predicted molar refractivity (Wildman–Crippen MR) is 79.1 cm³/mol. The Morgan fingerprint density at radius 2 is 1.65 bits per heavy atom. The molecule has 20 heavy (non-hydrogen) atoms. The van der Waals surface area contributed by atoms with Gasteiger partial charge in [0.15, 0.2) is 0 Å². The van der Waals surface area contributed by atoms with Crippen LogP contribution in [0.1, 0.15) is 51.4 Å². The molecule has 0 spiro atoms. The van der Waals surface area contributed by atoms with Crippen LogP contribution in [0.25, 0.3) is 0 Å². The predicted octanol–water partition coefficient (Wildman–Crippen LogP) is 2.46. The van der Waals surface area contributed by atoms with Crippen molar-refractivity contribution < 1.29 is 13.0 Å². The van der Waals surface area contributed by atoms with E-state index in [9.17, 15) is 8.42 Å². The smallest absolute Gasteiger partial charge is 0.264 e. The molecule has 0 amide bonds. The van der Waals surface area contributed by atoms with Crippen molar-refractivity contribution in [3.05, 3.63) is 0 Å². The molecule has 2 N–H and O–H groups in total. The average Bonchev–Trinajstić information content (AvgIpc) is 2.59. The van der Waals surface area contributed by atoms with E-state index in [0.717, 1.165) is 36.6 Å². The normalized spacial score (nSPS) is 40.0. The third kappa shape index (κ3) is 3.37. The van der Waals surface area contributed by atoms with Crippen LogP contribution in [0, 0.1) is 23.7 Å². The number of unbranched alkanes of at least 4 members (excludes halogenated alkanes) is 1. The zero-order chi connectivity index (χ0) is 14.2. The lowest BCUT2D eigenvalue weighted by Crippen LogP contribution is -2.44. The lowest BCUT2D eigenvalue weighted by Gasteiger charge is -2.37. The highest BCUT2D eigenvalue weighted by molar-refractivity contribution is 7.85. The highest BCUT2D eigenvalue weighted by Crippen LogP contribution is 2.53. The Morgan fingerprint density at radius 1 is 0.950 bits per heavy atom. The minimum atomic E-state index is -3.78. The first-order chi connectivity index (χ1) is 9.53. The third-order valence-electron chi connectivity index (χ3n) is 5.86. The average molecular weight is 301 g/mol. The second-order valence-corrected chi connectivity index (χ2v) is 8.72. The van der Waals surface area contributed by atoms with Crippen LogP contribution in [-0.4, -0.2) is 31.3 Å². The molecule has 4 nitrogen and oxygen atoms in total. The molecule has 3 rings (SSSR count). The first-order valence-electron chi connectivity index (χ1n) is 8.21. The lowest BCUT2D eigenvalue weighted by molar-refractivity contribution is 0.179. The molecule has 2 unspecified atom stereocenters. The maximum atomic E-state index is 10.7. The minimum absolute atomic E-state index is 0.101. The van der Waals surface area contributed by atoms with Crippen molar-refractivity contribution in [1.29, 1.82) is 0 Å². The Morgan fingerprint density at radius 3 is 2.45 bits per heavy atom. The van der Waals surface area contributed by atoms with Crippen LogP contribution in [0.2, 0.25) is 0 Å². The summed E-state index contributed by atoms with van der Waals surface area (Å²) >= 11 is 0. The molecule has 0 aliphatic heterocycles. The van der Waals surface area contributed by atoms with Crippen molar-refractivity contribution in [3.63, 3.8) is 0 Å². The molecule has 5 atom stereocenters. The van der Waals surface area contributed by atoms with Gasteiger partial charge in [-0.25, -0.2) is 0 Å². The summed E-state index contributed by atoms with van der Waals surface area (Å²) in [6.07, 6.45) is 9.89. The van der Waals surface area contributed by atoms with Crippen molar-refractivity contribution in [1.82, 2.24) is 5.32 Å². The van der Waals surface area contributed by atoms with E-state index in [0.29, 0.717) is 12.5 Å². The van der Waals surface area contributed by atoms with Gasteiger partial charge in [-0.3, -0.25) is 4.55 Å². The Bertz CT molecular complexity index is 436. The Hall–Kier alpha value is -0.130. The van der Waals surface area contributed by atoms with Gasteiger partial charge in [0.25, 0.3) is 10.1 Å². The van der Waals surface area contributed by atoms with Crippen LogP contribution >= 0.6 is 0 Å². The van der Waals surface area contributed by atoms with Gasteiger partial charge in [-0.1, -0.05) is 12.8 Å². The van der Waals surface area contributed by atoms with Crippen molar-refractivity contribution >= 4 is 10.1 Å². The van der Waals surface area contributed by atoms with E-state index in [2.05, 4.69) is 5.32 Å². The molecule has 3 aliphatic rings. The molecule has 0 radical (unpaired) electrons. The van der Waals surface area contributed by atoms with Crippen LogP contribution in [0.3, 0.4) is 0 Å². The van der Waals surface area contributed by atoms with E-state index in [1.807, 2.05) is 0 Å². The zero-order valence-electron chi connectivity index (χ0n) is 12.1. The number of fused-ring (bicyclic) bond motifs is 2. The summed E-state index contributed by atoms with van der Waals surface area (Å²) in [7, 11) is -3.78. The highest BCUT2D eigenvalue weighted by Gasteiger charge is 2.47. The summed E-state index contributed by atoms with van der Waals surface area (Å²) in [5.41, 5.74) is 0. The fourth-order valence-corrected chi connectivity index (χ4v) is 5.63. The number of nitrogens with one attached hydrogen (secondary N) is 1. The fraction of sp³-hybridized carbons (Fsp3) is 1.00. The van der Waals surface area contributed by atoms with Gasteiger partial charge in [-0.05, 0) is 68.7 Å². The van der Waals surface area contributed by atoms with E-state index in [-0.39, 0.29) is 5.75 Å². The molecular formula is C15H27NO3S. The van der Waals surface area contributed by atoms with E-state index in [1.54, 1.807) is 0 Å². The second-order valence-electron chi connectivity index (χ2n) is 7.15. The van der Waals surface area contributed by atoms with Crippen LogP contribution < -0.4 is 5.32 Å². The molecular weight excluding hydrogens is 274 g/mol. The summed E-state index contributed by atoms with van der Waals surface area (Å²) in [4.78, 5) is 0. The summed E-state index contributed by atoms with van der Waals surface area (Å²) in [5.74, 6) is 3.62. The molecule has 0 aromatic carbocycles. The highest BCUT2D eigenvalue weighted by atomic mass is 32.2. The molecule has 0 heterocycles. The van der Waals surface area contributed by atoms with Crippen LogP contribution in [0.5, 0.6) is 0 Å². The number of hydrogen-bond acceptors (Lipinski definition) is 3. The van der Waals surface area contributed by atoms with E-state index in [1.165, 1.54) is 38.5 Å². The van der Waals surface area contributed by atoms with Crippen molar-refractivity contribution in [2.24, 2.45) is 23.7 Å². The topological polar surface area (TPSA) is 66.4 Å². The second kappa shape index (κ2) is 5.93. The SMILES string of the molecule is O=S(=O)(O)CCCCNC1[C@@H]2CC3C[C@@H]1CCC[C@H]3C2. The number of hydrogen-bond donors (Lipinski definition) is 2. The van der Waals surface area contributed by atoms with Gasteiger partial charge in [0, 0.05) is 6.04 Å². The molecule has 0 saturated heterocycles. The quantitative estimate of drug-likeness (QED) is 0.584. The lowest BCUT2D eigenvalue weighted by atomic mass is 9.75. The zero-order valence-corrected chi connectivity index (χ0v) is 12.9. The molecule has 5 heteroatoms. The maximum absolute atomic E-state index is 10.7. The molecule has 0 aromatic heterocycles. The van der Waals surface area contributed by atoms with Crippen LogP contribution in [-0.2, 0) is 10.1 Å². The molecule has 3 aliphatic carbocycles. The minimum Gasteiger partial charge on any atom is -0.313 e. The first kappa shape index (κ1) is 14.8. The van der Waals surface area contributed by atoms with Gasteiger partial charge >= 0.3 is 0 Å². The molecule has 3 fully saturated rings. The molecule has 0 aromatic rings. The van der Waals surface area contributed by atoms with Gasteiger partial charge in [-0.15, -0.1) is 0 Å². The Kier molecular flexibility index (Phi) is 4.39. The third-order valence-corrected chi connectivity index (χ3v) is 6.66. The van der Waals surface area contributed by atoms with Crippen LogP contribution in [0.15, 0.2) is 0 Å². The van der Waals surface area contributed by atoms with E-state index >= 15 is 0 Å². The maximum Gasteiger partial charge on any atom is 0.264 e. The van der Waals surface area contributed by atoms with Gasteiger partial charge in [-0.2, -0.15) is 8.42 Å². The van der Waals surface area contributed by atoms with Crippen LogP contribution in [0.4, 0.5) is 0 Å². The van der Waals surface area contributed by atoms with Gasteiger partial charge in [0.05, 0.1) is 5.75 Å². The summed E-state index contributed by atoms with van der Waals surface area (Å²) < 4.78 is 30.1. The van der Waals surface area contributed by atoms with Gasteiger partial charge < -0.3 is 5.32 Å². The Labute approximate surface area is 122 Å². The van der Waals surface area contributed by atoms with Gasteiger partial charge in [0.1, 0.15) is 0 Å². The first-order valence-corrected chi connectivity index (χ1v) is 9.82. The monoisotopic (exact) mass is 301 g/mol. The summed E-state index contributed by atoms with van der Waals surface area (Å²) in [5, 5.41) is 3.71. The van der Waals surface area contributed by atoms with Crippen molar-refractivity contribution in [2.75, 3.05) is 12.3 Å². The van der Waals surface area contributed by atoms with Crippen molar-refractivity contribution in [3.8, 4) is 0 Å². The van der Waals surface area contributed by atoms with E-state index < -0.39 is 10.1 Å². The molecule has 3 saturated carbocycles. The van der Waals surface area contributed by atoms with Crippen molar-refractivity contribution in [2.45, 2.75) is 57.4 Å². The standard InChI is InChI=1S/C15H27NO3S/c17-20(18,19)7-2-1-6-16-15-12-5-3-4-11-8-14(15)10-13(11)9-12/h11-16H,1-10H2,(H,17,18,19)/t11-,12-,13?,14-,15?/m0/s1. The largest absolute Gasteiger partial charge is 0.313 e. The molecule has 116 valence electrons. The fourth-order valence-electron chi connectivity index (χ4n) is 5.07. The number of rotatable bonds is 6. The van der Waals surface area contributed by atoms with Gasteiger partial charge in [0.2, 0.25) is 0 Å². The summed E-state index contributed by atoms with van der Waals surface area (Å²) in [6.45, 7) is 0.891. The molecule has 3 bridgehead atoms. The van der Waals surface area contributed by atoms with E-state index in [4.69, 9.17) is 4.55 Å². The summed E-state index contributed by atoms with van der Waals surface area (Å²) in [6, 6.07) is 0.669.